The Labute approximate surface area is 660 Å². The van der Waals surface area contributed by atoms with Crippen LogP contribution in [0.2, 0.25) is 0 Å². The van der Waals surface area contributed by atoms with Crippen LogP contribution in [0.15, 0.2) is 24.3 Å². The molecule has 0 aliphatic heterocycles. The first-order chi connectivity index (χ1) is 53.2. The van der Waals surface area contributed by atoms with Gasteiger partial charge in [-0.15, -0.1) is 0 Å². The topological polar surface area (TPSA) is 741 Å². The Bertz CT molecular complexity index is 3550. The van der Waals surface area contributed by atoms with Crippen molar-refractivity contribution in [1.82, 2.24) is 74.4 Å². The highest BCUT2D eigenvalue weighted by Crippen LogP contribution is 2.16. The molecule has 1 aromatic carbocycles. The predicted octanol–water partition coefficient (Wildman–Crippen LogP) is -8.61. The lowest BCUT2D eigenvalue weighted by Gasteiger charge is -2.28. The fraction of sp³-hybridized carbons (Fsp3) is 0.623. The van der Waals surface area contributed by atoms with Gasteiger partial charge in [0.15, 0.2) is 0 Å². The summed E-state index contributed by atoms with van der Waals surface area (Å²) in [5, 5.41) is 80.9. The van der Waals surface area contributed by atoms with Crippen molar-refractivity contribution < 1.29 is 121 Å². The number of thioether (sulfide) groups is 1. The van der Waals surface area contributed by atoms with Crippen LogP contribution in [-0.2, 0) is 102 Å². The van der Waals surface area contributed by atoms with E-state index in [4.69, 9.17) is 38.9 Å². The van der Waals surface area contributed by atoms with Crippen molar-refractivity contribution >= 4 is 130 Å². The Balaban J connectivity index is 3.65. The molecule has 114 heavy (non-hydrogen) atoms. The number of aliphatic hydroxyl groups excluding tert-OH is 1. The van der Waals surface area contributed by atoms with Crippen molar-refractivity contribution in [3.63, 3.8) is 0 Å². The molecule has 0 saturated heterocycles. The molecule has 14 atom stereocenters. The van der Waals surface area contributed by atoms with Crippen LogP contribution in [-0.4, -0.2) is 260 Å². The number of phenols is 1. The fourth-order valence-electron chi connectivity index (χ4n) is 10.5. The summed E-state index contributed by atoms with van der Waals surface area (Å²) in [6.07, 6.45) is -4.00. The van der Waals surface area contributed by atoms with E-state index in [1.807, 2.05) is 0 Å². The molecule has 1 rings (SSSR count). The average Bonchev–Trinajstić information content (AvgIpc) is 0.853. The van der Waals surface area contributed by atoms with Crippen LogP contribution < -0.4 is 103 Å². The number of carbonyl (C=O) groups is 20. The van der Waals surface area contributed by atoms with E-state index in [9.17, 15) is 111 Å². The summed E-state index contributed by atoms with van der Waals surface area (Å²) < 4.78 is 0. The fourth-order valence-corrected chi connectivity index (χ4v) is 11.0. The summed E-state index contributed by atoms with van der Waals surface area (Å²) in [6.45, 7) is 10.2. The minimum absolute atomic E-state index is 0.112. The largest absolute Gasteiger partial charge is 0.508 e. The van der Waals surface area contributed by atoms with Crippen LogP contribution in [0.4, 0.5) is 0 Å². The quantitative estimate of drug-likeness (QED) is 0.0269. The van der Waals surface area contributed by atoms with E-state index in [1.165, 1.54) is 49.9 Å². The molecule has 0 spiro atoms. The van der Waals surface area contributed by atoms with E-state index >= 15 is 0 Å². The molecule has 0 aliphatic carbocycles. The number of hydrogen-bond donors (Lipinski definition) is 24. The van der Waals surface area contributed by atoms with E-state index in [1.54, 1.807) is 34.0 Å². The van der Waals surface area contributed by atoms with Crippen molar-refractivity contribution in [2.24, 2.45) is 46.4 Å². The average molecular weight is 1640 g/mol. The SMILES string of the molecule is CSCC[C@H](NC(=O)[C@H](CCC(N)=O)NC(=O)[C@H](CC(N)=O)NC(=O)[C@@H](NC(=O)[C@@H](N)CC(=O)O)C(C)C)C(=O)N[C@@H](Cc1ccc(O)cc1)C(=O)N[C@@H](CC(=O)O)C(=O)N[C@@H](C)C(=O)N[C@@H](CC(C)C)C(=O)N[C@@H](CC(C)C)C(=O)N[C@@H](CC(N)=O)C(=O)N[C@@H](CCCCN)C(=O)N[C@@H](CO)C(=O)NCC(=O)N[C@@H](C)C(=O)O. The van der Waals surface area contributed by atoms with E-state index in [0.717, 1.165) is 13.8 Å². The Morgan fingerprint density at radius 3 is 1.25 bits per heavy atom. The van der Waals surface area contributed by atoms with Crippen LogP contribution in [0.1, 0.15) is 138 Å². The molecule has 44 nitrogen and oxygen atoms in total. The Morgan fingerprint density at radius 2 is 0.816 bits per heavy atom. The molecule has 0 radical (unpaired) electrons. The lowest BCUT2D eigenvalue weighted by atomic mass is 9.99. The lowest BCUT2D eigenvalue weighted by molar-refractivity contribution is -0.142. The maximum Gasteiger partial charge on any atom is 0.325 e. The van der Waals surface area contributed by atoms with E-state index < -0.39 is 279 Å². The maximum absolute atomic E-state index is 14.5. The number of nitrogens with two attached hydrogens (primary N) is 5. The maximum atomic E-state index is 14.5. The number of carbonyl (C=O) groups excluding carboxylic acids is 17. The van der Waals surface area contributed by atoms with E-state index in [2.05, 4.69) is 74.4 Å². The third kappa shape index (κ3) is 39.2. The second-order valence-electron chi connectivity index (χ2n) is 27.9. The van der Waals surface area contributed by atoms with Crippen LogP contribution in [0.3, 0.4) is 0 Å². The van der Waals surface area contributed by atoms with Crippen molar-refractivity contribution in [3.05, 3.63) is 29.8 Å². The Kier molecular flexibility index (Phi) is 45.3. The third-order valence-electron chi connectivity index (χ3n) is 16.6. The number of nitrogens with one attached hydrogen (secondary N) is 14. The Hall–Kier alpha value is -11.3. The number of aliphatic hydroxyl groups is 1. The summed E-state index contributed by atoms with van der Waals surface area (Å²) in [6, 6.07) is -18.3. The second-order valence-corrected chi connectivity index (χ2v) is 28.9. The Morgan fingerprint density at radius 1 is 0.412 bits per heavy atom. The summed E-state index contributed by atoms with van der Waals surface area (Å²) in [5.41, 5.74) is 27.9. The molecule has 0 fully saturated rings. The molecule has 0 saturated carbocycles. The number of hydrogen-bond acceptors (Lipinski definition) is 25. The van der Waals surface area contributed by atoms with Crippen molar-refractivity contribution in [1.29, 1.82) is 0 Å². The molecule has 0 aromatic heterocycles. The molecular formula is C69H111N19O25S. The van der Waals surface area contributed by atoms with Crippen molar-refractivity contribution in [2.45, 2.75) is 223 Å². The number of amides is 17. The highest BCUT2D eigenvalue weighted by atomic mass is 32.2. The van der Waals surface area contributed by atoms with Crippen LogP contribution in [0.25, 0.3) is 0 Å². The first-order valence-corrected chi connectivity index (χ1v) is 37.7. The molecule has 45 heteroatoms. The molecule has 29 N–H and O–H groups in total. The number of carboxylic acids is 3. The molecule has 0 bridgehead atoms. The number of carboxylic acid groups (broad SMARTS) is 3. The second kappa shape index (κ2) is 51.3. The molecule has 0 unspecified atom stereocenters. The zero-order valence-corrected chi connectivity index (χ0v) is 65.7. The van der Waals surface area contributed by atoms with Gasteiger partial charge >= 0.3 is 17.9 Å². The smallest absolute Gasteiger partial charge is 0.325 e. The molecule has 17 amide bonds. The monoisotopic (exact) mass is 1640 g/mol. The standard InChI is InChI=1S/C69H111N19O25S/c1-31(2)22-42(63(106)82-43(23-32(3)4)64(107)84-45(26-50(73)92)66(109)78-39(12-10-11-20-70)59(102)87-48(30-89)58(101)75-29-52(94)76-35(8)69(112)113)81-56(99)34(7)77-62(105)47(28-54(97)98)85-65(108)44(24-36-13-15-37(90)16-14-36)83-61(104)41(19-21-114-9)80-60(103)40(17-18-49(72)91)79-67(110)46(27-51(74)93)86-68(111)55(33(5)6)88-57(100)38(71)25-53(95)96/h13-16,31-35,38-48,55,89-90H,10-12,17-30,70-71H2,1-9H3,(H2,72,91)(H2,73,92)(H2,74,93)(H,75,101)(H,76,94)(H,77,105)(H,78,109)(H,79,110)(H,80,103)(H,81,99)(H,82,106)(H,83,104)(H,84,107)(H,85,108)(H,86,111)(H,87,102)(H,88,100)(H,95,96)(H,97,98)(H,112,113)/t34-,35-,38-,39-,40-,41-,42-,43-,44-,45-,46-,47-,48-,55-/m0/s1. The molecule has 638 valence electrons. The van der Waals surface area contributed by atoms with Crippen molar-refractivity contribution in [2.75, 3.05) is 31.7 Å². The summed E-state index contributed by atoms with van der Waals surface area (Å²) >= 11 is 1.18. The van der Waals surface area contributed by atoms with Gasteiger partial charge in [0, 0.05) is 12.8 Å². The molecule has 1 aromatic rings. The van der Waals surface area contributed by atoms with E-state index in [-0.39, 0.29) is 55.7 Å². The van der Waals surface area contributed by atoms with Gasteiger partial charge in [0.25, 0.3) is 0 Å². The summed E-state index contributed by atoms with van der Waals surface area (Å²) in [5.74, 6) is -25.1. The zero-order chi connectivity index (χ0) is 87.0. The number of unbranched alkanes of at least 4 members (excludes halogenated alkanes) is 1. The number of rotatable bonds is 55. The minimum Gasteiger partial charge on any atom is -0.508 e. The van der Waals surface area contributed by atoms with Gasteiger partial charge in [-0.1, -0.05) is 53.7 Å². The number of aromatic hydroxyl groups is 1. The highest BCUT2D eigenvalue weighted by Gasteiger charge is 2.39. The van der Waals surface area contributed by atoms with Gasteiger partial charge < -0.3 is 129 Å². The van der Waals surface area contributed by atoms with Gasteiger partial charge in [0.1, 0.15) is 84.3 Å². The minimum atomic E-state index is -2.06. The molecule has 0 heterocycles. The van der Waals surface area contributed by atoms with E-state index in [0.29, 0.717) is 6.42 Å². The third-order valence-corrected chi connectivity index (χ3v) is 17.3. The normalized spacial score (nSPS) is 14.8. The molecule has 0 aliphatic rings. The van der Waals surface area contributed by atoms with Gasteiger partial charge in [-0.05, 0) is 113 Å². The molecular weight excluding hydrogens is 1530 g/mol. The first-order valence-electron chi connectivity index (χ1n) is 36.3. The van der Waals surface area contributed by atoms with Gasteiger partial charge in [-0.3, -0.25) is 95.9 Å². The van der Waals surface area contributed by atoms with Gasteiger partial charge in [-0.2, -0.15) is 11.8 Å². The number of benzene rings is 1. The lowest BCUT2D eigenvalue weighted by Crippen LogP contribution is -2.61. The van der Waals surface area contributed by atoms with Crippen LogP contribution in [0, 0.1) is 17.8 Å². The van der Waals surface area contributed by atoms with Gasteiger partial charge in [-0.25, -0.2) is 0 Å². The predicted molar refractivity (Wildman–Crippen MR) is 404 cm³/mol. The summed E-state index contributed by atoms with van der Waals surface area (Å²) in [7, 11) is 0. The summed E-state index contributed by atoms with van der Waals surface area (Å²) in [4.78, 5) is 265. The zero-order valence-electron chi connectivity index (χ0n) is 64.8. The number of phenolic OH excluding ortho intramolecular Hbond substituents is 1. The first kappa shape index (κ1) is 101. The van der Waals surface area contributed by atoms with Gasteiger partial charge in [0.2, 0.25) is 100 Å². The van der Waals surface area contributed by atoms with Gasteiger partial charge in [0.05, 0.1) is 44.9 Å². The number of aliphatic carboxylic acids is 3. The van der Waals surface area contributed by atoms with Crippen LogP contribution in [0.5, 0.6) is 5.75 Å². The number of primary amides is 3. The van der Waals surface area contributed by atoms with Crippen molar-refractivity contribution in [3.8, 4) is 5.75 Å². The van der Waals surface area contributed by atoms with Crippen LogP contribution >= 0.6 is 11.8 Å². The highest BCUT2D eigenvalue weighted by molar-refractivity contribution is 7.98.